The van der Waals surface area contributed by atoms with E-state index in [1.807, 2.05) is 0 Å². The molecule has 1 saturated heterocycles. The minimum Gasteiger partial charge on any atom is -0.379 e. The number of amides is 1. The zero-order valence-corrected chi connectivity index (χ0v) is 16.9. The van der Waals surface area contributed by atoms with E-state index in [-0.39, 0.29) is 10.8 Å². The van der Waals surface area contributed by atoms with Gasteiger partial charge in [0.05, 0.1) is 18.1 Å². The predicted octanol–water partition coefficient (Wildman–Crippen LogP) is 2.38. The van der Waals surface area contributed by atoms with Gasteiger partial charge in [0.2, 0.25) is 10.0 Å². The van der Waals surface area contributed by atoms with Gasteiger partial charge in [0.1, 0.15) is 0 Å². The first-order chi connectivity index (χ1) is 13.5. The lowest BCUT2D eigenvalue weighted by Crippen LogP contribution is -2.40. The fourth-order valence-corrected chi connectivity index (χ4v) is 4.54. The lowest BCUT2D eigenvalue weighted by Gasteiger charge is -2.26. The molecule has 28 heavy (non-hydrogen) atoms. The Balaban J connectivity index is 1.56. The number of sulfonamides is 1. The van der Waals surface area contributed by atoms with Crippen molar-refractivity contribution in [2.75, 3.05) is 32.8 Å². The quantitative estimate of drug-likeness (QED) is 0.722. The maximum Gasteiger partial charge on any atom is 0.251 e. The van der Waals surface area contributed by atoms with Crippen molar-refractivity contribution in [3.63, 3.8) is 0 Å². The van der Waals surface area contributed by atoms with Gasteiger partial charge in [-0.2, -0.15) is 4.31 Å². The van der Waals surface area contributed by atoms with Crippen LogP contribution in [0.2, 0.25) is 0 Å². The molecule has 1 amide bonds. The van der Waals surface area contributed by atoms with Gasteiger partial charge in [-0.3, -0.25) is 4.79 Å². The molecule has 0 aliphatic carbocycles. The third-order valence-electron chi connectivity index (χ3n) is 4.75. The molecule has 150 valence electrons. The van der Waals surface area contributed by atoms with Gasteiger partial charge >= 0.3 is 0 Å². The van der Waals surface area contributed by atoms with Crippen LogP contribution in [0.4, 0.5) is 0 Å². The first-order valence-electron chi connectivity index (χ1n) is 9.48. The van der Waals surface area contributed by atoms with Crippen molar-refractivity contribution in [1.82, 2.24) is 9.62 Å². The van der Waals surface area contributed by atoms with Gasteiger partial charge in [-0.05, 0) is 43.5 Å². The van der Waals surface area contributed by atoms with Crippen molar-refractivity contribution >= 4 is 15.9 Å². The largest absolute Gasteiger partial charge is 0.379 e. The van der Waals surface area contributed by atoms with Crippen LogP contribution < -0.4 is 5.32 Å². The number of nitrogens with one attached hydrogen (secondary N) is 1. The highest BCUT2D eigenvalue weighted by molar-refractivity contribution is 7.89. The highest BCUT2D eigenvalue weighted by Gasteiger charge is 2.26. The molecule has 0 unspecified atom stereocenters. The number of rotatable bonds is 7. The Bertz CT molecular complexity index is 904. The van der Waals surface area contributed by atoms with Gasteiger partial charge in [-0.1, -0.05) is 35.9 Å². The van der Waals surface area contributed by atoms with Crippen molar-refractivity contribution < 1.29 is 17.9 Å². The summed E-state index contributed by atoms with van der Waals surface area (Å²) in [6.45, 7) is 4.03. The second kappa shape index (κ2) is 9.32. The molecular weight excluding hydrogens is 376 g/mol. The van der Waals surface area contributed by atoms with E-state index in [0.717, 1.165) is 12.8 Å². The van der Waals surface area contributed by atoms with Crippen LogP contribution in [0.15, 0.2) is 53.4 Å². The molecule has 0 bridgehead atoms. The maximum absolute atomic E-state index is 12.7. The van der Waals surface area contributed by atoms with Crippen molar-refractivity contribution in [3.05, 3.63) is 65.2 Å². The van der Waals surface area contributed by atoms with E-state index in [0.29, 0.717) is 38.4 Å². The Morgan fingerprint density at radius 1 is 1.11 bits per heavy atom. The van der Waals surface area contributed by atoms with Crippen molar-refractivity contribution in [3.8, 4) is 0 Å². The average Bonchev–Trinajstić information content (AvgIpc) is 2.73. The summed E-state index contributed by atoms with van der Waals surface area (Å²) < 4.78 is 32.1. The van der Waals surface area contributed by atoms with Gasteiger partial charge in [-0.25, -0.2) is 8.42 Å². The van der Waals surface area contributed by atoms with Crippen LogP contribution >= 0.6 is 0 Å². The second-order valence-electron chi connectivity index (χ2n) is 6.89. The molecule has 7 heteroatoms. The minimum absolute atomic E-state index is 0.140. The smallest absolute Gasteiger partial charge is 0.251 e. The van der Waals surface area contributed by atoms with E-state index >= 15 is 0 Å². The van der Waals surface area contributed by atoms with E-state index in [2.05, 4.69) is 36.5 Å². The van der Waals surface area contributed by atoms with E-state index < -0.39 is 10.0 Å². The summed E-state index contributed by atoms with van der Waals surface area (Å²) in [7, 11) is -3.61. The van der Waals surface area contributed by atoms with Gasteiger partial charge in [0, 0.05) is 25.2 Å². The average molecular weight is 403 g/mol. The summed E-state index contributed by atoms with van der Waals surface area (Å²) in [4.78, 5) is 12.6. The number of hydrogen-bond donors (Lipinski definition) is 1. The molecule has 0 atom stereocenters. The van der Waals surface area contributed by atoms with Crippen LogP contribution in [0, 0.1) is 6.92 Å². The lowest BCUT2D eigenvalue weighted by molar-refractivity contribution is 0.0730. The number of carbonyl (C=O) groups is 1. The molecule has 2 aromatic rings. The highest BCUT2D eigenvalue weighted by atomic mass is 32.2. The number of nitrogens with zero attached hydrogens (tertiary/aromatic N) is 1. The van der Waals surface area contributed by atoms with Crippen LogP contribution in [-0.2, 0) is 21.2 Å². The van der Waals surface area contributed by atoms with Gasteiger partial charge < -0.3 is 10.1 Å². The van der Waals surface area contributed by atoms with Gasteiger partial charge in [-0.15, -0.1) is 0 Å². The van der Waals surface area contributed by atoms with Crippen molar-refractivity contribution in [2.24, 2.45) is 0 Å². The Labute approximate surface area is 166 Å². The van der Waals surface area contributed by atoms with Gasteiger partial charge in [0.15, 0.2) is 0 Å². The number of ether oxygens (including phenoxy) is 1. The Morgan fingerprint density at radius 2 is 1.82 bits per heavy atom. The van der Waals surface area contributed by atoms with Crippen LogP contribution in [0.1, 0.15) is 27.9 Å². The molecule has 2 aromatic carbocycles. The first-order valence-corrected chi connectivity index (χ1v) is 10.9. The zero-order valence-electron chi connectivity index (χ0n) is 16.1. The third kappa shape index (κ3) is 5.19. The SMILES string of the molecule is Cc1ccc(CCCNC(=O)c2cccc(S(=O)(=O)N3CCOCC3)c2)cc1. The molecule has 3 rings (SSSR count). The molecule has 1 fully saturated rings. The number of hydrogen-bond acceptors (Lipinski definition) is 4. The molecule has 0 saturated carbocycles. The van der Waals surface area contributed by atoms with E-state index in [9.17, 15) is 13.2 Å². The highest BCUT2D eigenvalue weighted by Crippen LogP contribution is 2.18. The maximum atomic E-state index is 12.7. The fraction of sp³-hybridized carbons (Fsp3) is 0.381. The van der Waals surface area contributed by atoms with E-state index in [1.54, 1.807) is 12.1 Å². The Hall–Kier alpha value is -2.22. The molecule has 0 aromatic heterocycles. The monoisotopic (exact) mass is 402 g/mol. The molecule has 1 heterocycles. The summed E-state index contributed by atoms with van der Waals surface area (Å²) in [6.07, 6.45) is 1.70. The normalized spacial score (nSPS) is 15.3. The Morgan fingerprint density at radius 3 is 2.54 bits per heavy atom. The van der Waals surface area contributed by atoms with E-state index in [4.69, 9.17) is 4.74 Å². The third-order valence-corrected chi connectivity index (χ3v) is 6.65. The van der Waals surface area contributed by atoms with Crippen LogP contribution in [0.5, 0.6) is 0 Å². The summed E-state index contributed by atoms with van der Waals surface area (Å²) in [5.41, 5.74) is 2.81. The summed E-state index contributed by atoms with van der Waals surface area (Å²) >= 11 is 0. The number of aryl methyl sites for hydroxylation is 2. The molecule has 1 aliphatic heterocycles. The molecule has 0 spiro atoms. The topological polar surface area (TPSA) is 75.7 Å². The molecule has 1 N–H and O–H groups in total. The fourth-order valence-electron chi connectivity index (χ4n) is 3.09. The van der Waals surface area contributed by atoms with Crippen molar-refractivity contribution in [1.29, 1.82) is 0 Å². The summed E-state index contributed by atoms with van der Waals surface area (Å²) in [6, 6.07) is 14.6. The molecule has 0 radical (unpaired) electrons. The van der Waals surface area contributed by atoms with Crippen LogP contribution in [0.3, 0.4) is 0 Å². The summed E-state index contributed by atoms with van der Waals surface area (Å²) in [5, 5.41) is 2.87. The second-order valence-corrected chi connectivity index (χ2v) is 8.83. The molecule has 6 nitrogen and oxygen atoms in total. The minimum atomic E-state index is -3.61. The first kappa shape index (κ1) is 20.5. The predicted molar refractivity (Wildman–Crippen MR) is 108 cm³/mol. The standard InChI is InChI=1S/C21H26N2O4S/c1-17-7-9-18(10-8-17)4-3-11-22-21(24)19-5-2-6-20(16-19)28(25,26)23-12-14-27-15-13-23/h2,5-10,16H,3-4,11-15H2,1H3,(H,22,24). The summed E-state index contributed by atoms with van der Waals surface area (Å²) in [5.74, 6) is -0.261. The van der Waals surface area contributed by atoms with Crippen LogP contribution in [-0.4, -0.2) is 51.5 Å². The van der Waals surface area contributed by atoms with Gasteiger partial charge in [0.25, 0.3) is 5.91 Å². The lowest BCUT2D eigenvalue weighted by atomic mass is 10.1. The van der Waals surface area contributed by atoms with Crippen molar-refractivity contribution in [2.45, 2.75) is 24.7 Å². The van der Waals surface area contributed by atoms with E-state index in [1.165, 1.54) is 27.6 Å². The number of carbonyl (C=O) groups excluding carboxylic acids is 1. The van der Waals surface area contributed by atoms with Crippen LogP contribution in [0.25, 0.3) is 0 Å². The molecule has 1 aliphatic rings. The molecular formula is C21H26N2O4S. The number of morpholine rings is 1. The number of benzene rings is 2. The Kier molecular flexibility index (Phi) is 6.83. The zero-order chi connectivity index (χ0) is 20.0.